The Hall–Kier alpha value is -1.08. The summed E-state index contributed by atoms with van der Waals surface area (Å²) < 4.78 is 0. The van der Waals surface area contributed by atoms with E-state index in [0.29, 0.717) is 0 Å². The molecule has 62 valence electrons. The molecular weight excluding hydrogens is 144 g/mol. The topological polar surface area (TPSA) is 73.1 Å². The van der Waals surface area contributed by atoms with Crippen LogP contribution in [0.2, 0.25) is 0 Å². The number of hydrogen-bond donors (Lipinski definition) is 2. The van der Waals surface area contributed by atoms with Gasteiger partial charge in [-0.15, -0.1) is 0 Å². The van der Waals surface area contributed by atoms with Gasteiger partial charge in [0, 0.05) is 0 Å². The Balaban J connectivity index is 4.15. The minimum atomic E-state index is -1.03. The van der Waals surface area contributed by atoms with Crippen LogP contribution in [0.1, 0.15) is 20.8 Å². The van der Waals surface area contributed by atoms with E-state index in [-0.39, 0.29) is 0 Å². The molecule has 11 heavy (non-hydrogen) atoms. The Morgan fingerprint density at radius 2 is 2.18 bits per heavy atom. The van der Waals surface area contributed by atoms with Crippen molar-refractivity contribution in [2.45, 2.75) is 32.4 Å². The molecule has 0 aromatic rings. The SMILES string of the molecule is CC(C#N)NC(C)(C)C(=O)O. The lowest BCUT2D eigenvalue weighted by molar-refractivity contribution is -0.143. The number of nitrogens with one attached hydrogen (secondary N) is 1. The van der Waals surface area contributed by atoms with Crippen molar-refractivity contribution in [1.29, 1.82) is 5.26 Å². The first-order chi connectivity index (χ1) is 4.90. The van der Waals surface area contributed by atoms with Gasteiger partial charge in [-0.1, -0.05) is 0 Å². The van der Waals surface area contributed by atoms with E-state index in [2.05, 4.69) is 5.32 Å². The summed E-state index contributed by atoms with van der Waals surface area (Å²) in [6.45, 7) is 4.65. The first kappa shape index (κ1) is 9.92. The van der Waals surface area contributed by atoms with Gasteiger partial charge in [0.15, 0.2) is 0 Å². The van der Waals surface area contributed by atoms with Gasteiger partial charge in [-0.05, 0) is 20.8 Å². The van der Waals surface area contributed by atoms with Gasteiger partial charge in [-0.2, -0.15) is 5.26 Å². The lowest BCUT2D eigenvalue weighted by Gasteiger charge is -2.22. The van der Waals surface area contributed by atoms with Gasteiger partial charge in [0.25, 0.3) is 0 Å². The maximum Gasteiger partial charge on any atom is 0.323 e. The molecule has 0 rings (SSSR count). The quantitative estimate of drug-likeness (QED) is 0.618. The fourth-order valence-corrected chi connectivity index (χ4v) is 0.635. The smallest absolute Gasteiger partial charge is 0.323 e. The first-order valence-electron chi connectivity index (χ1n) is 3.31. The average molecular weight is 156 g/mol. The van der Waals surface area contributed by atoms with Crippen molar-refractivity contribution in [3.05, 3.63) is 0 Å². The molecule has 2 N–H and O–H groups in total. The van der Waals surface area contributed by atoms with Crippen molar-refractivity contribution in [3.63, 3.8) is 0 Å². The molecule has 0 heterocycles. The van der Waals surface area contributed by atoms with E-state index in [9.17, 15) is 4.79 Å². The zero-order valence-corrected chi connectivity index (χ0v) is 6.88. The van der Waals surface area contributed by atoms with E-state index in [1.165, 1.54) is 13.8 Å². The van der Waals surface area contributed by atoms with Gasteiger partial charge >= 0.3 is 5.97 Å². The summed E-state index contributed by atoms with van der Waals surface area (Å²) in [4.78, 5) is 10.5. The van der Waals surface area contributed by atoms with Gasteiger partial charge in [0.2, 0.25) is 0 Å². The van der Waals surface area contributed by atoms with Gasteiger partial charge in [0.05, 0.1) is 12.1 Å². The second kappa shape index (κ2) is 3.35. The van der Waals surface area contributed by atoms with Crippen molar-refractivity contribution in [2.75, 3.05) is 0 Å². The third-order valence-electron chi connectivity index (χ3n) is 1.31. The van der Waals surface area contributed by atoms with Crippen LogP contribution in [0.5, 0.6) is 0 Å². The van der Waals surface area contributed by atoms with E-state index in [1.807, 2.05) is 6.07 Å². The summed E-state index contributed by atoms with van der Waals surface area (Å²) >= 11 is 0. The Bertz CT molecular complexity index is 193. The molecule has 0 bridgehead atoms. The third kappa shape index (κ3) is 3.01. The maximum atomic E-state index is 10.5. The van der Waals surface area contributed by atoms with Crippen LogP contribution in [0.15, 0.2) is 0 Å². The van der Waals surface area contributed by atoms with Gasteiger partial charge in [-0.25, -0.2) is 0 Å². The predicted molar refractivity (Wildman–Crippen MR) is 39.9 cm³/mol. The van der Waals surface area contributed by atoms with Crippen LogP contribution in [0.4, 0.5) is 0 Å². The highest BCUT2D eigenvalue weighted by Gasteiger charge is 2.27. The number of carboxylic acid groups (broad SMARTS) is 1. The Labute approximate surface area is 65.8 Å². The van der Waals surface area contributed by atoms with Crippen molar-refractivity contribution >= 4 is 5.97 Å². The molecule has 0 fully saturated rings. The number of carboxylic acids is 1. The molecule has 0 aromatic heterocycles. The fourth-order valence-electron chi connectivity index (χ4n) is 0.635. The molecule has 0 amide bonds. The molecule has 0 aliphatic rings. The first-order valence-corrected chi connectivity index (χ1v) is 3.31. The van der Waals surface area contributed by atoms with Crippen molar-refractivity contribution in [2.24, 2.45) is 0 Å². The van der Waals surface area contributed by atoms with E-state index in [1.54, 1.807) is 6.92 Å². The predicted octanol–water partition coefficient (Wildman–Crippen LogP) is 0.351. The molecule has 0 saturated carbocycles. The molecule has 0 aromatic carbocycles. The van der Waals surface area contributed by atoms with Crippen LogP contribution in [0, 0.1) is 11.3 Å². The van der Waals surface area contributed by atoms with Crippen LogP contribution < -0.4 is 5.32 Å². The number of nitrogens with zero attached hydrogens (tertiary/aromatic N) is 1. The van der Waals surface area contributed by atoms with E-state index in [4.69, 9.17) is 10.4 Å². The molecule has 0 radical (unpaired) electrons. The van der Waals surface area contributed by atoms with Crippen molar-refractivity contribution in [3.8, 4) is 6.07 Å². The number of aliphatic carboxylic acids is 1. The number of nitriles is 1. The lowest BCUT2D eigenvalue weighted by atomic mass is 10.1. The number of carbonyl (C=O) groups is 1. The van der Waals surface area contributed by atoms with E-state index in [0.717, 1.165) is 0 Å². The molecule has 0 saturated heterocycles. The summed E-state index contributed by atoms with van der Waals surface area (Å²) in [5.41, 5.74) is -1.03. The standard InChI is InChI=1S/C7H12N2O2/c1-5(4-8)9-7(2,3)6(10)11/h5,9H,1-3H3,(H,10,11). The minimum Gasteiger partial charge on any atom is -0.480 e. The molecule has 1 atom stereocenters. The summed E-state index contributed by atoms with van der Waals surface area (Å²) in [6, 6.07) is 1.46. The Kier molecular flexibility index (Phi) is 3.02. The number of hydrogen-bond acceptors (Lipinski definition) is 3. The molecule has 4 heteroatoms. The normalized spacial score (nSPS) is 13.6. The molecule has 0 aliphatic heterocycles. The Morgan fingerprint density at radius 3 is 2.45 bits per heavy atom. The fraction of sp³-hybridized carbons (Fsp3) is 0.714. The monoisotopic (exact) mass is 156 g/mol. The van der Waals surface area contributed by atoms with E-state index >= 15 is 0 Å². The van der Waals surface area contributed by atoms with Crippen LogP contribution >= 0.6 is 0 Å². The molecular formula is C7H12N2O2. The Morgan fingerprint density at radius 1 is 1.73 bits per heavy atom. The molecule has 1 unspecified atom stereocenters. The molecule has 0 spiro atoms. The number of rotatable bonds is 3. The van der Waals surface area contributed by atoms with Crippen molar-refractivity contribution < 1.29 is 9.90 Å². The van der Waals surface area contributed by atoms with E-state index < -0.39 is 17.6 Å². The van der Waals surface area contributed by atoms with Crippen molar-refractivity contribution in [1.82, 2.24) is 5.32 Å². The highest BCUT2D eigenvalue weighted by molar-refractivity contribution is 5.77. The minimum absolute atomic E-state index is 0.443. The van der Waals surface area contributed by atoms with Gasteiger partial charge in [-0.3, -0.25) is 10.1 Å². The van der Waals surface area contributed by atoms with Crippen LogP contribution in [0.3, 0.4) is 0 Å². The maximum absolute atomic E-state index is 10.5. The van der Waals surface area contributed by atoms with Crippen LogP contribution in [-0.2, 0) is 4.79 Å². The molecule has 0 aliphatic carbocycles. The summed E-state index contributed by atoms with van der Waals surface area (Å²) in [5, 5.41) is 19.6. The summed E-state index contributed by atoms with van der Waals surface area (Å²) in [6.07, 6.45) is 0. The summed E-state index contributed by atoms with van der Waals surface area (Å²) in [5.74, 6) is -0.959. The largest absolute Gasteiger partial charge is 0.480 e. The summed E-state index contributed by atoms with van der Waals surface area (Å²) in [7, 11) is 0. The highest BCUT2D eigenvalue weighted by atomic mass is 16.4. The zero-order chi connectivity index (χ0) is 9.07. The zero-order valence-electron chi connectivity index (χ0n) is 6.88. The lowest BCUT2D eigenvalue weighted by Crippen LogP contribution is -2.50. The average Bonchev–Trinajstić information content (AvgIpc) is 1.86. The second-order valence-electron chi connectivity index (χ2n) is 2.93. The highest BCUT2D eigenvalue weighted by Crippen LogP contribution is 2.02. The van der Waals surface area contributed by atoms with Gasteiger partial charge in [0.1, 0.15) is 5.54 Å². The third-order valence-corrected chi connectivity index (χ3v) is 1.31. The van der Waals surface area contributed by atoms with Crippen LogP contribution in [-0.4, -0.2) is 22.7 Å². The van der Waals surface area contributed by atoms with Crippen LogP contribution in [0.25, 0.3) is 0 Å². The molecule has 4 nitrogen and oxygen atoms in total. The van der Waals surface area contributed by atoms with Gasteiger partial charge < -0.3 is 5.11 Å². The second-order valence-corrected chi connectivity index (χ2v) is 2.93.